The number of likely N-dealkylation sites (tertiary alicyclic amines) is 1. The highest BCUT2D eigenvalue weighted by atomic mass is 32.1. The van der Waals surface area contributed by atoms with Gasteiger partial charge in [0.25, 0.3) is 0 Å². The second-order valence-corrected chi connectivity index (χ2v) is 7.13. The predicted molar refractivity (Wildman–Crippen MR) is 84.3 cm³/mol. The number of aromatic nitrogens is 2. The fraction of sp³-hybridized carbons (Fsp3) is 0.692. The molecule has 0 spiro atoms. The Bertz CT molecular complexity index is 559. The molecule has 1 aliphatic heterocycles. The van der Waals surface area contributed by atoms with Crippen molar-refractivity contribution in [1.29, 1.82) is 0 Å². The van der Waals surface area contributed by atoms with E-state index in [4.69, 9.17) is 4.74 Å². The number of likely N-dealkylation sites (N-methyl/N-ethyl adjacent to an activating group) is 1. The monoisotopic (exact) mass is 343 g/mol. The van der Waals surface area contributed by atoms with Crippen LogP contribution in [0.25, 0.3) is 0 Å². The number of ether oxygens (including phenoxy) is 1. The SMILES string of the molecule is CN(C(=O)Nc1cnns1)[C@@H]1CN(C(=O)OC(C)(C)C)C[C@H]1O. The highest BCUT2D eigenvalue weighted by molar-refractivity contribution is 7.10. The van der Waals surface area contributed by atoms with E-state index in [1.165, 1.54) is 16.0 Å². The number of rotatable bonds is 2. The molecule has 128 valence electrons. The molecule has 0 unspecified atom stereocenters. The molecule has 2 N–H and O–H groups in total. The van der Waals surface area contributed by atoms with Gasteiger partial charge < -0.3 is 19.6 Å². The van der Waals surface area contributed by atoms with Gasteiger partial charge in [-0.05, 0) is 20.8 Å². The summed E-state index contributed by atoms with van der Waals surface area (Å²) < 4.78 is 8.94. The third-order valence-corrected chi connectivity index (χ3v) is 3.90. The number of nitrogens with zero attached hydrogens (tertiary/aromatic N) is 4. The van der Waals surface area contributed by atoms with Gasteiger partial charge >= 0.3 is 12.1 Å². The number of nitrogens with one attached hydrogen (secondary N) is 1. The summed E-state index contributed by atoms with van der Waals surface area (Å²) in [5.74, 6) is 0. The normalized spacial score (nSPS) is 21.2. The Kier molecular flexibility index (Phi) is 5.05. The van der Waals surface area contributed by atoms with Crippen molar-refractivity contribution in [2.24, 2.45) is 0 Å². The summed E-state index contributed by atoms with van der Waals surface area (Å²) in [6.07, 6.45) is 0.103. The molecule has 0 saturated carbocycles. The van der Waals surface area contributed by atoms with Gasteiger partial charge in [0.15, 0.2) is 0 Å². The van der Waals surface area contributed by atoms with Gasteiger partial charge in [0.05, 0.1) is 24.9 Å². The topological polar surface area (TPSA) is 108 Å². The van der Waals surface area contributed by atoms with E-state index in [1.807, 2.05) is 0 Å². The van der Waals surface area contributed by atoms with Gasteiger partial charge in [-0.1, -0.05) is 4.49 Å². The molecule has 0 radical (unpaired) electrons. The Morgan fingerprint density at radius 3 is 2.74 bits per heavy atom. The van der Waals surface area contributed by atoms with Gasteiger partial charge in [-0.15, -0.1) is 5.10 Å². The van der Waals surface area contributed by atoms with Gasteiger partial charge in [-0.25, -0.2) is 9.59 Å². The summed E-state index contributed by atoms with van der Waals surface area (Å²) in [7, 11) is 1.57. The number of amides is 3. The van der Waals surface area contributed by atoms with E-state index >= 15 is 0 Å². The fourth-order valence-corrected chi connectivity index (χ4v) is 2.60. The van der Waals surface area contributed by atoms with Crippen molar-refractivity contribution in [3.05, 3.63) is 6.20 Å². The van der Waals surface area contributed by atoms with Crippen LogP contribution in [0.4, 0.5) is 14.6 Å². The molecule has 2 atom stereocenters. The van der Waals surface area contributed by atoms with Gasteiger partial charge in [0, 0.05) is 25.1 Å². The van der Waals surface area contributed by atoms with Crippen LogP contribution >= 0.6 is 11.5 Å². The second kappa shape index (κ2) is 6.67. The zero-order chi connectivity index (χ0) is 17.2. The number of hydrogen-bond donors (Lipinski definition) is 2. The first-order valence-corrected chi connectivity index (χ1v) is 7.92. The molecule has 10 heteroatoms. The minimum atomic E-state index is -0.835. The van der Waals surface area contributed by atoms with Crippen LogP contribution in [0, 0.1) is 0 Å². The van der Waals surface area contributed by atoms with E-state index in [-0.39, 0.29) is 13.1 Å². The van der Waals surface area contributed by atoms with Gasteiger partial charge in [-0.2, -0.15) is 0 Å². The molecule has 0 bridgehead atoms. The maximum Gasteiger partial charge on any atom is 0.410 e. The predicted octanol–water partition coefficient (Wildman–Crippen LogP) is 0.982. The van der Waals surface area contributed by atoms with E-state index in [1.54, 1.807) is 27.8 Å². The van der Waals surface area contributed by atoms with E-state index < -0.39 is 29.9 Å². The Balaban J connectivity index is 1.95. The van der Waals surface area contributed by atoms with Gasteiger partial charge in [-0.3, -0.25) is 5.32 Å². The lowest BCUT2D eigenvalue weighted by Crippen LogP contribution is -2.46. The molecule has 1 aromatic heterocycles. The number of urea groups is 1. The quantitative estimate of drug-likeness (QED) is 0.829. The zero-order valence-corrected chi connectivity index (χ0v) is 14.3. The van der Waals surface area contributed by atoms with Crippen molar-refractivity contribution in [2.75, 3.05) is 25.5 Å². The molecule has 0 aliphatic carbocycles. The van der Waals surface area contributed by atoms with Crippen LogP contribution in [0.1, 0.15) is 20.8 Å². The number of carbonyl (C=O) groups is 2. The first-order valence-electron chi connectivity index (χ1n) is 7.14. The third kappa shape index (κ3) is 4.52. The van der Waals surface area contributed by atoms with Crippen molar-refractivity contribution >= 4 is 28.7 Å². The van der Waals surface area contributed by atoms with Crippen LogP contribution in [0.15, 0.2) is 6.20 Å². The molecule has 3 amide bonds. The third-order valence-electron chi connectivity index (χ3n) is 3.32. The van der Waals surface area contributed by atoms with Crippen LogP contribution in [0.5, 0.6) is 0 Å². The molecule has 1 fully saturated rings. The van der Waals surface area contributed by atoms with Gasteiger partial charge in [0.1, 0.15) is 10.6 Å². The summed E-state index contributed by atoms with van der Waals surface area (Å²) in [5, 5.41) is 16.9. The molecule has 2 heterocycles. The molecule has 9 nitrogen and oxygen atoms in total. The number of anilines is 1. The summed E-state index contributed by atoms with van der Waals surface area (Å²) in [5.41, 5.74) is -0.609. The molecule has 23 heavy (non-hydrogen) atoms. The molecule has 1 saturated heterocycles. The fourth-order valence-electron chi connectivity index (χ4n) is 2.19. The van der Waals surface area contributed by atoms with Crippen molar-refractivity contribution in [3.63, 3.8) is 0 Å². The van der Waals surface area contributed by atoms with Crippen molar-refractivity contribution in [1.82, 2.24) is 19.4 Å². The molecular weight excluding hydrogens is 322 g/mol. The minimum absolute atomic E-state index is 0.124. The maximum atomic E-state index is 12.2. The summed E-state index contributed by atoms with van der Waals surface area (Å²) in [6.45, 7) is 5.66. The number of β-amino-alcohol motifs (C(OH)–C–C–N with tert-alkyl or cyclic N) is 1. The highest BCUT2D eigenvalue weighted by Gasteiger charge is 2.39. The summed E-state index contributed by atoms with van der Waals surface area (Å²) in [6, 6.07) is -0.908. The van der Waals surface area contributed by atoms with Crippen molar-refractivity contribution < 1.29 is 19.4 Å². The minimum Gasteiger partial charge on any atom is -0.444 e. The van der Waals surface area contributed by atoms with Crippen LogP contribution < -0.4 is 5.32 Å². The van der Waals surface area contributed by atoms with Crippen LogP contribution in [-0.4, -0.2) is 74.5 Å². The lowest BCUT2D eigenvalue weighted by atomic mass is 10.2. The number of hydrogen-bond acceptors (Lipinski definition) is 7. The van der Waals surface area contributed by atoms with E-state index in [2.05, 4.69) is 14.9 Å². The zero-order valence-electron chi connectivity index (χ0n) is 13.5. The smallest absolute Gasteiger partial charge is 0.410 e. The average molecular weight is 343 g/mol. The number of carbonyl (C=O) groups excluding carboxylic acids is 2. The molecule has 2 rings (SSSR count). The van der Waals surface area contributed by atoms with Crippen molar-refractivity contribution in [2.45, 2.75) is 38.5 Å². The summed E-state index contributed by atoms with van der Waals surface area (Å²) in [4.78, 5) is 27.0. The van der Waals surface area contributed by atoms with Gasteiger partial charge in [0.2, 0.25) is 0 Å². The number of aliphatic hydroxyl groups excluding tert-OH is 1. The van der Waals surface area contributed by atoms with Crippen molar-refractivity contribution in [3.8, 4) is 0 Å². The van der Waals surface area contributed by atoms with E-state index in [0.717, 1.165) is 11.5 Å². The van der Waals surface area contributed by atoms with E-state index in [9.17, 15) is 14.7 Å². The Morgan fingerprint density at radius 2 is 2.17 bits per heavy atom. The summed E-state index contributed by atoms with van der Waals surface area (Å²) >= 11 is 1.06. The first kappa shape index (κ1) is 17.4. The largest absolute Gasteiger partial charge is 0.444 e. The lowest BCUT2D eigenvalue weighted by Gasteiger charge is -2.27. The first-order chi connectivity index (χ1) is 10.7. The Labute approximate surface area is 138 Å². The Morgan fingerprint density at radius 1 is 1.48 bits per heavy atom. The van der Waals surface area contributed by atoms with E-state index in [0.29, 0.717) is 5.00 Å². The molecule has 1 aliphatic rings. The maximum absolute atomic E-state index is 12.2. The standard InChI is InChI=1S/C13H21N5O4S/c1-13(2,3)22-12(21)18-6-8(9(19)7-18)17(4)11(20)15-10-5-14-16-23-10/h5,8-9,19H,6-7H2,1-4H3,(H,15,20)/t8-,9-/m1/s1. The van der Waals surface area contributed by atoms with Crippen LogP contribution in [0.3, 0.4) is 0 Å². The highest BCUT2D eigenvalue weighted by Crippen LogP contribution is 2.20. The van der Waals surface area contributed by atoms with Crippen LogP contribution in [-0.2, 0) is 4.74 Å². The second-order valence-electron chi connectivity index (χ2n) is 6.34. The average Bonchev–Trinajstić information content (AvgIpc) is 3.05. The molecule has 1 aromatic rings. The Hall–Kier alpha value is -1.94. The number of aliphatic hydroxyl groups is 1. The molecular formula is C13H21N5O4S. The lowest BCUT2D eigenvalue weighted by molar-refractivity contribution is 0.0269. The van der Waals surface area contributed by atoms with Crippen LogP contribution in [0.2, 0.25) is 0 Å². The molecule has 0 aromatic carbocycles.